The molecule has 0 spiro atoms. The minimum Gasteiger partial charge on any atom is -0.114 e. The number of alkyl halides is 3. The molecule has 0 aliphatic heterocycles. The topological polar surface area (TPSA) is 0 Å². The fourth-order valence-corrected chi connectivity index (χ4v) is 0. The van der Waals surface area contributed by atoms with E-state index in [1.165, 1.54) is 0 Å². The van der Waals surface area contributed by atoms with Gasteiger partial charge in [-0.3, -0.25) is 0 Å². The van der Waals surface area contributed by atoms with E-state index < -0.39 is 4.30 Å². The van der Waals surface area contributed by atoms with Gasteiger partial charge in [0.2, 0.25) is 0 Å². The van der Waals surface area contributed by atoms with Crippen molar-refractivity contribution in [1.82, 2.24) is 0 Å². The number of hydrogen-bond acceptors (Lipinski definition) is 0. The van der Waals surface area contributed by atoms with E-state index in [1.54, 1.807) is 0 Å². The molecule has 0 nitrogen and oxygen atoms in total. The van der Waals surface area contributed by atoms with Gasteiger partial charge in [0.15, 0.2) is 4.30 Å². The molecule has 0 aliphatic rings. The van der Waals surface area contributed by atoms with Crippen LogP contribution in [0.15, 0.2) is 0 Å². The van der Waals surface area contributed by atoms with Crippen LogP contribution >= 0.6 is 85.7 Å². The molecule has 0 saturated carbocycles. The number of rotatable bonds is 0. The van der Waals surface area contributed by atoms with E-state index in [0.29, 0.717) is 0 Å². The van der Waals surface area contributed by atoms with Crippen molar-refractivity contribution < 1.29 is 0 Å². The summed E-state index contributed by atoms with van der Waals surface area (Å²) in [5.41, 5.74) is 0. The van der Waals surface area contributed by atoms with Gasteiger partial charge in [0.25, 0.3) is 0 Å². The lowest BCUT2D eigenvalue weighted by Crippen LogP contribution is -1.55. The van der Waals surface area contributed by atoms with Crippen molar-refractivity contribution in [1.29, 1.82) is 0 Å². The van der Waals surface area contributed by atoms with E-state index in [0.717, 1.165) is 0 Å². The van der Waals surface area contributed by atoms with Gasteiger partial charge in [-0.15, -0.1) is 50.9 Å². The summed E-state index contributed by atoms with van der Waals surface area (Å²) in [7, 11) is 0. The zero-order valence-corrected chi connectivity index (χ0v) is 10.9. The lowest BCUT2D eigenvalue weighted by atomic mass is 10.8. The maximum absolute atomic E-state index is 4.81. The van der Waals surface area contributed by atoms with Gasteiger partial charge in [0, 0.05) is 8.41 Å². The van der Waals surface area contributed by atoms with Crippen LogP contribution in [-0.2, 0) is 0 Å². The highest BCUT2D eigenvalue weighted by atomic mass is 79.9. The van der Waals surface area contributed by atoms with E-state index in [2.05, 4.69) is 0 Å². The molecule has 53 valence electrons. The first-order valence-corrected chi connectivity index (χ1v) is 1.96. The number of halogens is 6. The van der Waals surface area contributed by atoms with E-state index in [-0.39, 0.29) is 59.4 Å². The second-order valence-electron chi connectivity index (χ2n) is 0.247. The molecule has 0 aromatic carbocycles. The minimum absolute atomic E-state index is 0. The van der Waals surface area contributed by atoms with Crippen molar-refractivity contribution in [2.75, 3.05) is 0 Å². The van der Waals surface area contributed by atoms with Gasteiger partial charge in [-0.2, -0.15) is 0 Å². The Bertz CT molecular complexity index is 19.2. The zero-order valence-electron chi connectivity index (χ0n) is 3.51. The monoisotopic (exact) mass is 369 g/mol. The van der Waals surface area contributed by atoms with Crippen LogP contribution < -0.4 is 0 Å². The van der Waals surface area contributed by atoms with Crippen LogP contribution in [0.5, 0.6) is 0 Å². The molecule has 0 bridgehead atoms. The first kappa shape index (κ1) is 31.6. The third-order valence-corrected chi connectivity index (χ3v) is 0. The molecule has 0 aliphatic carbocycles. The molecule has 0 aromatic heterocycles. The van der Waals surface area contributed by atoms with E-state index >= 15 is 0 Å². The molecule has 0 amide bonds. The van der Waals surface area contributed by atoms with Crippen LogP contribution in [0.3, 0.4) is 0 Å². The van der Waals surface area contributed by atoms with Gasteiger partial charge in [-0.25, -0.2) is 0 Å². The van der Waals surface area contributed by atoms with Crippen molar-refractivity contribution in [3.05, 3.63) is 0 Å². The molecule has 7 heteroatoms. The van der Waals surface area contributed by atoms with Gasteiger partial charge >= 0.3 is 0 Å². The molecule has 0 rings (SSSR count). The van der Waals surface area contributed by atoms with Gasteiger partial charge in [0.05, 0.1) is 0 Å². The predicted octanol–water partition coefficient (Wildman–Crippen LogP) is 3.34. The van der Waals surface area contributed by atoms with Crippen LogP contribution in [0.4, 0.5) is 0 Å². The zero-order chi connectivity index (χ0) is 3.58. The predicted molar refractivity (Wildman–Crippen MR) is 58.1 cm³/mol. The molecule has 8 heavy (non-hydrogen) atoms. The van der Waals surface area contributed by atoms with Crippen LogP contribution in [0.1, 0.15) is 0 Å². The maximum atomic E-state index is 4.81. The summed E-state index contributed by atoms with van der Waals surface area (Å²) in [6.45, 7) is 0. The lowest BCUT2D eigenvalue weighted by molar-refractivity contribution is 1.96. The van der Waals surface area contributed by atoms with Gasteiger partial charge in [0.1, 0.15) is 0 Å². The Balaban J connectivity index is -0.00000000750. The first-order valence-electron chi connectivity index (χ1n) is 0.655. The van der Waals surface area contributed by atoms with E-state index in [9.17, 15) is 0 Å². The highest BCUT2D eigenvalue weighted by Gasteiger charge is 1.78. The summed E-state index contributed by atoms with van der Waals surface area (Å²) in [5, 5.41) is 0. The van der Waals surface area contributed by atoms with Crippen LogP contribution in [0.25, 0.3) is 0 Å². The molecular formula is CH4BBr3Cl3. The quantitative estimate of drug-likeness (QED) is 0.452. The standard InChI is InChI=1S/CHCl3.B.3BrH/c2-1(3)4;;;;/h1H;;3*1H. The SMILES string of the molecule is Br.Br.Br.ClC(Cl)Cl.[B]. The minimum atomic E-state index is -0.750. The summed E-state index contributed by atoms with van der Waals surface area (Å²) in [4.78, 5) is 0. The van der Waals surface area contributed by atoms with Crippen molar-refractivity contribution in [2.24, 2.45) is 0 Å². The lowest BCUT2D eigenvalue weighted by Gasteiger charge is -1.69. The third-order valence-electron chi connectivity index (χ3n) is 0. The highest BCUT2D eigenvalue weighted by Crippen LogP contribution is 2.03. The smallest absolute Gasteiger partial charge is 0.114 e. The summed E-state index contributed by atoms with van der Waals surface area (Å²) in [6, 6.07) is 0. The average Bonchev–Trinajstić information content (AvgIpc) is 0.811. The Morgan fingerprint density at radius 3 is 0.750 bits per heavy atom. The molecule has 0 heterocycles. The fourth-order valence-electron chi connectivity index (χ4n) is 0. The number of hydrogen-bond donors (Lipinski definition) is 0. The largest absolute Gasteiger partial charge is 0.180 e. The average molecular weight is 373 g/mol. The molecule has 3 radical (unpaired) electrons. The van der Waals surface area contributed by atoms with Crippen LogP contribution in [-0.4, -0.2) is 12.7 Å². The van der Waals surface area contributed by atoms with Gasteiger partial charge in [-0.1, -0.05) is 34.8 Å². The van der Waals surface area contributed by atoms with Crippen LogP contribution in [0.2, 0.25) is 0 Å². The first-order chi connectivity index (χ1) is 1.73. The van der Waals surface area contributed by atoms with E-state index in [1.807, 2.05) is 0 Å². The Hall–Kier alpha value is 2.37. The highest BCUT2D eigenvalue weighted by molar-refractivity contribution is 8.93. The Kier molecular flexibility index (Phi) is 89.8. The Morgan fingerprint density at radius 1 is 0.750 bits per heavy atom. The maximum Gasteiger partial charge on any atom is 0.180 e. The summed E-state index contributed by atoms with van der Waals surface area (Å²) in [5.74, 6) is 0. The second-order valence-corrected chi connectivity index (χ2v) is 2.23. The van der Waals surface area contributed by atoms with Gasteiger partial charge < -0.3 is 0 Å². The van der Waals surface area contributed by atoms with Gasteiger partial charge in [-0.05, 0) is 0 Å². The fraction of sp³-hybridized carbons (Fsp3) is 1.00. The molecule has 0 unspecified atom stereocenters. The molecule has 0 aromatic rings. The summed E-state index contributed by atoms with van der Waals surface area (Å²) < 4.78 is -0.750. The Morgan fingerprint density at radius 2 is 0.750 bits per heavy atom. The molecular weight excluding hydrogens is 369 g/mol. The van der Waals surface area contributed by atoms with Crippen molar-refractivity contribution >= 4 is 94.2 Å². The normalized spacial score (nSPS) is 4.50. The second kappa shape index (κ2) is 22.8. The molecule has 0 saturated heterocycles. The Labute approximate surface area is 97.5 Å². The molecule has 0 N–H and O–H groups in total. The summed E-state index contributed by atoms with van der Waals surface area (Å²) in [6.07, 6.45) is 0. The molecule has 0 fully saturated rings. The summed E-state index contributed by atoms with van der Waals surface area (Å²) >= 11 is 14.4. The van der Waals surface area contributed by atoms with Crippen molar-refractivity contribution in [3.8, 4) is 0 Å². The van der Waals surface area contributed by atoms with Crippen molar-refractivity contribution in [2.45, 2.75) is 4.30 Å². The third kappa shape index (κ3) is 80.8. The van der Waals surface area contributed by atoms with Crippen molar-refractivity contribution in [3.63, 3.8) is 0 Å². The van der Waals surface area contributed by atoms with Crippen LogP contribution in [0, 0.1) is 0 Å². The molecule has 0 atom stereocenters. The van der Waals surface area contributed by atoms with E-state index in [4.69, 9.17) is 34.8 Å².